The summed E-state index contributed by atoms with van der Waals surface area (Å²) < 4.78 is 1.24. The van der Waals surface area contributed by atoms with Gasteiger partial charge >= 0.3 is 0 Å². The summed E-state index contributed by atoms with van der Waals surface area (Å²) in [6.07, 6.45) is 29.6. The summed E-state index contributed by atoms with van der Waals surface area (Å²) in [6.45, 7) is 9.19. The first-order valence-corrected chi connectivity index (χ1v) is 15.0. The van der Waals surface area contributed by atoms with Crippen LogP contribution < -0.4 is 0 Å². The number of nitrogens with zero attached hydrogens (tertiary/aromatic N) is 1. The maximum atomic E-state index is 8.13. The van der Waals surface area contributed by atoms with E-state index in [4.69, 9.17) is 16.7 Å². The van der Waals surface area contributed by atoms with Crippen molar-refractivity contribution in [1.82, 2.24) is 0 Å². The second-order valence-electron chi connectivity index (χ2n) is 10.6. The predicted octanol–water partition coefficient (Wildman–Crippen LogP) is 9.86. The number of hydrogen-bond donors (Lipinski definition) is 1. The number of rotatable bonds is 23. The zero-order valence-corrected chi connectivity index (χ0v) is 23.9. The molecule has 0 aliphatic rings. The molecule has 0 saturated heterocycles. The van der Waals surface area contributed by atoms with Crippen molar-refractivity contribution in [2.75, 3.05) is 27.2 Å². The first-order valence-electron chi connectivity index (χ1n) is 14.5. The number of hydrogen-bond acceptors (Lipinski definition) is 1. The van der Waals surface area contributed by atoms with Crippen molar-refractivity contribution in [2.24, 2.45) is 0 Å². The molecule has 0 heterocycles. The van der Waals surface area contributed by atoms with Crippen molar-refractivity contribution >= 4 is 11.6 Å². The lowest BCUT2D eigenvalue weighted by atomic mass is 10.1. The third-order valence-electron chi connectivity index (χ3n) is 6.57. The summed E-state index contributed by atoms with van der Waals surface area (Å²) in [6, 6.07) is 0. The van der Waals surface area contributed by atoms with Gasteiger partial charge in [-0.05, 0) is 32.1 Å². The van der Waals surface area contributed by atoms with Crippen LogP contribution in [0, 0.1) is 0 Å². The molecule has 0 rings (SSSR count). The molecule has 0 saturated carbocycles. The Morgan fingerprint density at radius 3 is 0.938 bits per heavy atom. The van der Waals surface area contributed by atoms with Crippen LogP contribution in [0.25, 0.3) is 0 Å². The molecule has 0 amide bonds. The van der Waals surface area contributed by atoms with Crippen LogP contribution in [0.2, 0.25) is 0 Å². The summed E-state index contributed by atoms with van der Waals surface area (Å²) in [7, 11) is 4.89. The Bertz CT molecular complexity index is 307. The predicted molar refractivity (Wildman–Crippen MR) is 148 cm³/mol. The van der Waals surface area contributed by atoms with E-state index in [1.165, 1.54) is 146 Å². The first-order chi connectivity index (χ1) is 15.4. The Labute approximate surface area is 209 Å². The minimum Gasteiger partial charge on any atom is -0.378 e. The van der Waals surface area contributed by atoms with Crippen molar-refractivity contribution in [3.8, 4) is 0 Å². The molecule has 0 bridgehead atoms. The number of aliphatic hydroxyl groups excluding tert-OH is 1. The lowest BCUT2D eigenvalue weighted by Crippen LogP contribution is -2.41. The molecule has 1 N–H and O–H groups in total. The Kier molecular flexibility index (Phi) is 29.5. The largest absolute Gasteiger partial charge is 0.378 e. The third kappa shape index (κ3) is 32.4. The van der Waals surface area contributed by atoms with Crippen LogP contribution in [-0.4, -0.2) is 42.3 Å². The van der Waals surface area contributed by atoms with E-state index in [-0.39, 0.29) is 0 Å². The van der Waals surface area contributed by atoms with Crippen molar-refractivity contribution in [3.63, 3.8) is 0 Å². The molecule has 1 atom stereocenters. The molecule has 0 aromatic carbocycles. The quantitative estimate of drug-likeness (QED) is 0.0882. The smallest absolute Gasteiger partial charge is 0.127 e. The number of aliphatic hydroxyl groups is 1. The van der Waals surface area contributed by atoms with Crippen molar-refractivity contribution < 1.29 is 9.59 Å². The van der Waals surface area contributed by atoms with Crippen LogP contribution >= 0.6 is 11.6 Å². The van der Waals surface area contributed by atoms with Crippen LogP contribution in [0.3, 0.4) is 0 Å². The monoisotopic (exact) mass is 476 g/mol. The highest BCUT2D eigenvalue weighted by molar-refractivity contribution is 6.19. The molecule has 0 aromatic rings. The van der Waals surface area contributed by atoms with E-state index in [1.54, 1.807) is 0 Å². The Morgan fingerprint density at radius 1 is 0.500 bits per heavy atom. The van der Waals surface area contributed by atoms with E-state index in [0.717, 1.165) is 0 Å². The van der Waals surface area contributed by atoms with Gasteiger partial charge in [-0.1, -0.05) is 135 Å². The van der Waals surface area contributed by atoms with Crippen molar-refractivity contribution in [2.45, 2.75) is 161 Å². The summed E-state index contributed by atoms with van der Waals surface area (Å²) in [5.74, 6) is 0. The molecule has 0 fully saturated rings. The minimum absolute atomic E-state index is 0.627. The zero-order valence-electron chi connectivity index (χ0n) is 23.1. The molecule has 0 aliphatic carbocycles. The Balaban J connectivity index is 0. The normalized spacial score (nSPS) is 12.5. The summed E-state index contributed by atoms with van der Waals surface area (Å²) >= 11 is 5.02. The van der Waals surface area contributed by atoms with Crippen LogP contribution in [0.15, 0.2) is 0 Å². The van der Waals surface area contributed by atoms with Crippen molar-refractivity contribution in [3.05, 3.63) is 0 Å². The van der Waals surface area contributed by atoms with Gasteiger partial charge in [0, 0.05) is 0 Å². The Hall–Kier alpha value is 0.210. The highest BCUT2D eigenvalue weighted by Crippen LogP contribution is 2.14. The molecule has 0 spiro atoms. The van der Waals surface area contributed by atoms with Gasteiger partial charge in [0.25, 0.3) is 0 Å². The van der Waals surface area contributed by atoms with E-state index in [1.807, 2.05) is 6.92 Å². The lowest BCUT2D eigenvalue weighted by molar-refractivity contribution is -0.890. The summed E-state index contributed by atoms with van der Waals surface area (Å²) in [5, 5.41) is 8.13. The summed E-state index contributed by atoms with van der Waals surface area (Å²) in [4.78, 5) is 0. The van der Waals surface area contributed by atoms with Gasteiger partial charge in [-0.25, -0.2) is 0 Å². The fourth-order valence-corrected chi connectivity index (χ4v) is 4.17. The third-order valence-corrected chi connectivity index (χ3v) is 6.88. The lowest BCUT2D eigenvalue weighted by Gasteiger charge is -2.30. The molecule has 0 aliphatic heterocycles. The molecular formula is C29H63ClNO+. The van der Waals surface area contributed by atoms with Gasteiger partial charge in [-0.15, -0.1) is 0 Å². The molecule has 1 unspecified atom stereocenters. The van der Waals surface area contributed by atoms with Gasteiger partial charge < -0.3 is 9.59 Å². The van der Waals surface area contributed by atoms with Gasteiger partial charge in [0.05, 0.1) is 27.2 Å². The highest BCUT2D eigenvalue weighted by Gasteiger charge is 2.13. The van der Waals surface area contributed by atoms with E-state index < -0.39 is 5.56 Å². The number of alkyl halides is 1. The fraction of sp³-hybridized carbons (Fsp3) is 1.00. The maximum Gasteiger partial charge on any atom is 0.127 e. The second kappa shape index (κ2) is 27.5. The minimum atomic E-state index is -0.644. The van der Waals surface area contributed by atoms with E-state index in [0.29, 0.717) is 6.42 Å². The van der Waals surface area contributed by atoms with Gasteiger partial charge in [-0.2, -0.15) is 0 Å². The molecule has 3 heteroatoms. The summed E-state index contributed by atoms with van der Waals surface area (Å²) in [5.41, 5.74) is -0.644. The van der Waals surface area contributed by atoms with Gasteiger partial charge in [0.1, 0.15) is 5.56 Å². The number of unbranched alkanes of at least 4 members (excludes halogenated alkanes) is 18. The first kappa shape index (κ1) is 34.4. The van der Waals surface area contributed by atoms with Crippen molar-refractivity contribution in [1.29, 1.82) is 0 Å². The van der Waals surface area contributed by atoms with Gasteiger partial charge in [-0.3, -0.25) is 0 Å². The van der Waals surface area contributed by atoms with Crippen LogP contribution in [-0.2, 0) is 0 Å². The molecule has 0 radical (unpaired) electrons. The zero-order chi connectivity index (χ0) is 24.3. The average Bonchev–Trinajstić information content (AvgIpc) is 2.76. The Morgan fingerprint density at radius 2 is 0.719 bits per heavy atom. The van der Waals surface area contributed by atoms with E-state index in [9.17, 15) is 0 Å². The second-order valence-corrected chi connectivity index (χ2v) is 11.1. The average molecular weight is 477 g/mol. The molecule has 2 nitrogen and oxygen atoms in total. The van der Waals surface area contributed by atoms with E-state index >= 15 is 0 Å². The van der Waals surface area contributed by atoms with Crippen LogP contribution in [0.5, 0.6) is 0 Å². The van der Waals surface area contributed by atoms with E-state index in [2.05, 4.69) is 27.9 Å². The fourth-order valence-electron chi connectivity index (χ4n) is 4.17. The number of quaternary nitrogens is 1. The maximum absolute atomic E-state index is 8.13. The molecular weight excluding hydrogens is 414 g/mol. The molecule has 32 heavy (non-hydrogen) atoms. The van der Waals surface area contributed by atoms with Crippen LogP contribution in [0.1, 0.15) is 156 Å². The topological polar surface area (TPSA) is 20.2 Å². The number of halogens is 1. The molecule has 196 valence electrons. The standard InChI is InChI=1S/C26H56N.C3H7ClO/c1-5-7-9-11-13-15-17-19-21-23-25-27(3,4)26-24-22-20-18-16-14-12-10-8-6-2;1-2-3(4)5/h5-26H2,1-4H3;3,5H,2H2,1H3/q+1;. The van der Waals surface area contributed by atoms with Gasteiger partial charge in [0.15, 0.2) is 0 Å². The highest BCUT2D eigenvalue weighted by atomic mass is 35.5. The SMILES string of the molecule is CCC(O)Cl.CCCCCCCCCCCC[N+](C)(C)CCCCCCCCCCCC. The molecule has 0 aromatic heterocycles. The van der Waals surface area contributed by atoms with Gasteiger partial charge in [0.2, 0.25) is 0 Å². The van der Waals surface area contributed by atoms with Crippen LogP contribution in [0.4, 0.5) is 0 Å².